The lowest BCUT2D eigenvalue weighted by Crippen LogP contribution is -2.53. The molecule has 8 nitrogen and oxygen atoms in total. The zero-order valence-corrected chi connectivity index (χ0v) is 28.8. The van der Waals surface area contributed by atoms with Crippen LogP contribution < -0.4 is 14.4 Å². The van der Waals surface area contributed by atoms with Crippen molar-refractivity contribution < 1.29 is 27.1 Å². The van der Waals surface area contributed by atoms with Crippen molar-refractivity contribution >= 4 is 43.5 Å². The number of carbonyl (C=O) groups is 2. The number of halogens is 2. The van der Waals surface area contributed by atoms with Crippen LogP contribution in [-0.4, -0.2) is 50.9 Å². The molecule has 0 aliphatic heterocycles. The van der Waals surface area contributed by atoms with Crippen molar-refractivity contribution in [2.45, 2.75) is 50.6 Å². The Morgan fingerprint density at radius 2 is 1.53 bits per heavy atom. The molecule has 11 heteroatoms. The fourth-order valence-electron chi connectivity index (χ4n) is 4.98. The summed E-state index contributed by atoms with van der Waals surface area (Å²) in [6.45, 7) is 4.07. The maximum Gasteiger partial charge on any atom is 0.264 e. The van der Waals surface area contributed by atoms with Crippen LogP contribution in [0.2, 0.25) is 0 Å². The molecule has 0 saturated heterocycles. The molecular weight excluding hydrogens is 685 g/mol. The highest BCUT2D eigenvalue weighted by Gasteiger charge is 2.34. The number of anilines is 1. The number of carbonyl (C=O) groups excluding carboxylic acids is 2. The Morgan fingerprint density at radius 1 is 0.872 bits per heavy atom. The molecule has 0 saturated carbocycles. The quantitative estimate of drug-likeness (QED) is 0.129. The Hall–Kier alpha value is -4.22. The van der Waals surface area contributed by atoms with Crippen LogP contribution in [0.4, 0.5) is 10.1 Å². The van der Waals surface area contributed by atoms with Gasteiger partial charge in [-0.1, -0.05) is 71.7 Å². The molecule has 2 amide bonds. The molecule has 1 N–H and O–H groups in total. The van der Waals surface area contributed by atoms with Gasteiger partial charge >= 0.3 is 0 Å². The van der Waals surface area contributed by atoms with Crippen LogP contribution in [0.25, 0.3) is 0 Å². The average Bonchev–Trinajstić information content (AvgIpc) is 3.07. The van der Waals surface area contributed by atoms with Gasteiger partial charge in [-0.25, -0.2) is 12.8 Å². The first-order chi connectivity index (χ1) is 22.6. The van der Waals surface area contributed by atoms with Crippen LogP contribution in [0, 0.1) is 5.82 Å². The second-order valence-corrected chi connectivity index (χ2v) is 13.7. The number of nitrogens with one attached hydrogen (secondary N) is 1. The fraction of sp³-hybridized carbons (Fsp3) is 0.278. The van der Waals surface area contributed by atoms with Crippen molar-refractivity contribution in [1.82, 2.24) is 10.2 Å². The van der Waals surface area contributed by atoms with Crippen molar-refractivity contribution in [2.75, 3.05) is 24.0 Å². The molecule has 0 unspecified atom stereocenters. The van der Waals surface area contributed by atoms with E-state index in [9.17, 15) is 22.4 Å². The lowest BCUT2D eigenvalue weighted by Gasteiger charge is -2.34. The number of benzene rings is 4. The van der Waals surface area contributed by atoms with Gasteiger partial charge in [-0.15, -0.1) is 0 Å². The van der Waals surface area contributed by atoms with Crippen LogP contribution in [0.3, 0.4) is 0 Å². The van der Waals surface area contributed by atoms with E-state index < -0.39 is 34.3 Å². The number of amides is 2. The van der Waals surface area contributed by atoms with Gasteiger partial charge in [-0.2, -0.15) is 0 Å². The summed E-state index contributed by atoms with van der Waals surface area (Å²) in [5.74, 6) is -0.850. The normalized spacial score (nSPS) is 11.8. The molecule has 1 atom stereocenters. The molecule has 0 radical (unpaired) electrons. The van der Waals surface area contributed by atoms with Crippen LogP contribution in [0.15, 0.2) is 112 Å². The molecule has 4 rings (SSSR count). The molecule has 4 aromatic carbocycles. The van der Waals surface area contributed by atoms with Gasteiger partial charge < -0.3 is 15.0 Å². The number of unbranched alkanes of at least 4 members (excludes halogenated alkanes) is 1. The number of ether oxygens (including phenoxy) is 1. The van der Waals surface area contributed by atoms with Gasteiger partial charge in [0.2, 0.25) is 11.8 Å². The van der Waals surface area contributed by atoms with Crippen LogP contribution in [0.1, 0.15) is 37.8 Å². The monoisotopic (exact) mass is 723 g/mol. The highest BCUT2D eigenvalue weighted by Crippen LogP contribution is 2.28. The summed E-state index contributed by atoms with van der Waals surface area (Å²) < 4.78 is 49.5. The third kappa shape index (κ3) is 9.89. The predicted molar refractivity (Wildman–Crippen MR) is 185 cm³/mol. The summed E-state index contributed by atoms with van der Waals surface area (Å²) >= 11 is 3.35. The molecule has 248 valence electrons. The van der Waals surface area contributed by atoms with Crippen molar-refractivity contribution in [3.05, 3.63) is 125 Å². The van der Waals surface area contributed by atoms with E-state index in [1.807, 2.05) is 44.2 Å². The van der Waals surface area contributed by atoms with Crippen molar-refractivity contribution in [2.24, 2.45) is 0 Å². The maximum absolute atomic E-state index is 14.5. The molecule has 0 aromatic heterocycles. The lowest BCUT2D eigenvalue weighted by atomic mass is 10.0. The van der Waals surface area contributed by atoms with Gasteiger partial charge in [0, 0.05) is 24.0 Å². The molecule has 4 aromatic rings. The van der Waals surface area contributed by atoms with E-state index in [1.54, 1.807) is 48.5 Å². The smallest absolute Gasteiger partial charge is 0.264 e. The molecule has 47 heavy (non-hydrogen) atoms. The van der Waals surface area contributed by atoms with E-state index in [1.165, 1.54) is 29.2 Å². The zero-order valence-electron chi connectivity index (χ0n) is 26.4. The summed E-state index contributed by atoms with van der Waals surface area (Å²) in [4.78, 5) is 29.7. The first-order valence-electron chi connectivity index (χ1n) is 15.5. The second kappa shape index (κ2) is 17.1. The number of rotatable bonds is 16. The van der Waals surface area contributed by atoms with Gasteiger partial charge in [-0.3, -0.25) is 13.9 Å². The highest BCUT2D eigenvalue weighted by atomic mass is 79.9. The van der Waals surface area contributed by atoms with E-state index >= 15 is 0 Å². The Balaban J connectivity index is 1.78. The molecule has 0 aliphatic carbocycles. The maximum atomic E-state index is 14.5. The summed E-state index contributed by atoms with van der Waals surface area (Å²) in [6.07, 6.45) is 1.81. The largest absolute Gasteiger partial charge is 0.494 e. The van der Waals surface area contributed by atoms with Crippen LogP contribution >= 0.6 is 15.9 Å². The summed E-state index contributed by atoms with van der Waals surface area (Å²) in [6, 6.07) is 26.6. The fourth-order valence-corrected chi connectivity index (χ4v) is 6.66. The minimum absolute atomic E-state index is 0.00869. The summed E-state index contributed by atoms with van der Waals surface area (Å²) in [5, 5.41) is 2.96. The molecule has 0 heterocycles. The first-order valence-corrected chi connectivity index (χ1v) is 17.7. The molecule has 0 bridgehead atoms. The Labute approximate surface area is 284 Å². The van der Waals surface area contributed by atoms with Gasteiger partial charge in [-0.05, 0) is 85.1 Å². The van der Waals surface area contributed by atoms with E-state index in [0.29, 0.717) is 28.9 Å². The van der Waals surface area contributed by atoms with Crippen molar-refractivity contribution in [3.63, 3.8) is 0 Å². The van der Waals surface area contributed by atoms with Gasteiger partial charge in [0.1, 0.15) is 24.2 Å². The molecule has 0 spiro atoms. The Morgan fingerprint density at radius 3 is 2.15 bits per heavy atom. The summed E-state index contributed by atoms with van der Waals surface area (Å²) in [7, 11) is -4.25. The predicted octanol–water partition coefficient (Wildman–Crippen LogP) is 6.74. The van der Waals surface area contributed by atoms with E-state index in [4.69, 9.17) is 4.74 Å². The van der Waals surface area contributed by atoms with Crippen molar-refractivity contribution in [1.29, 1.82) is 0 Å². The van der Waals surface area contributed by atoms with Gasteiger partial charge in [0.25, 0.3) is 10.0 Å². The standard InChI is InChI=1S/C36H39BrFN3O5S/c1-3-5-23-39-36(43)34(24-27-9-7-6-8-10-27)40(25-28-11-15-30(38)16-12-28)35(42)26-41(31-17-19-32(20-18-31)46-4-2)47(44,45)33-21-13-29(37)14-22-33/h6-22,34H,3-5,23-26H2,1-2H3,(H,39,43)/t34-/m1/s1. The Kier molecular flexibility index (Phi) is 12.9. The highest BCUT2D eigenvalue weighted by molar-refractivity contribution is 9.10. The number of sulfonamides is 1. The average molecular weight is 725 g/mol. The Bertz CT molecular complexity index is 1700. The third-order valence-electron chi connectivity index (χ3n) is 7.48. The second-order valence-electron chi connectivity index (χ2n) is 10.9. The SMILES string of the molecule is CCCCNC(=O)[C@@H](Cc1ccccc1)N(Cc1ccc(F)cc1)C(=O)CN(c1ccc(OCC)cc1)S(=O)(=O)c1ccc(Br)cc1. The van der Waals surface area contributed by atoms with Gasteiger partial charge in [0.15, 0.2) is 0 Å². The van der Waals surface area contributed by atoms with Gasteiger partial charge in [0.05, 0.1) is 17.2 Å². The van der Waals surface area contributed by atoms with E-state index in [2.05, 4.69) is 21.2 Å². The molecule has 0 aliphatic rings. The number of hydrogen-bond acceptors (Lipinski definition) is 5. The summed E-state index contributed by atoms with van der Waals surface area (Å²) in [5.41, 5.74) is 1.66. The zero-order chi connectivity index (χ0) is 33.8. The van der Waals surface area contributed by atoms with Crippen molar-refractivity contribution in [3.8, 4) is 5.75 Å². The topological polar surface area (TPSA) is 96.0 Å². The third-order valence-corrected chi connectivity index (χ3v) is 9.80. The van der Waals surface area contributed by atoms with E-state index in [0.717, 1.165) is 22.7 Å². The number of hydrogen-bond donors (Lipinski definition) is 1. The minimum Gasteiger partial charge on any atom is -0.494 e. The number of nitrogens with zero attached hydrogens (tertiary/aromatic N) is 2. The van der Waals surface area contributed by atoms with Crippen LogP contribution in [0.5, 0.6) is 5.75 Å². The minimum atomic E-state index is -4.25. The van der Waals surface area contributed by atoms with E-state index in [-0.39, 0.29) is 29.5 Å². The first kappa shape index (κ1) is 35.6. The molecular formula is C36H39BrFN3O5S. The van der Waals surface area contributed by atoms with Crippen LogP contribution in [-0.2, 0) is 32.6 Å². The lowest BCUT2D eigenvalue weighted by molar-refractivity contribution is -0.140. The molecule has 0 fully saturated rings.